The first-order valence-corrected chi connectivity index (χ1v) is 7.40. The van der Waals surface area contributed by atoms with E-state index in [-0.39, 0.29) is 11.9 Å². The molecule has 1 aliphatic carbocycles. The van der Waals surface area contributed by atoms with Crippen LogP contribution >= 0.6 is 0 Å². The fourth-order valence-corrected chi connectivity index (χ4v) is 2.77. The molecule has 2 N–H and O–H groups in total. The van der Waals surface area contributed by atoms with Crippen molar-refractivity contribution in [2.24, 2.45) is 11.8 Å². The second-order valence-corrected chi connectivity index (χ2v) is 6.23. The third-order valence-electron chi connectivity index (χ3n) is 4.36. The second-order valence-electron chi connectivity index (χ2n) is 6.23. The van der Waals surface area contributed by atoms with Crippen LogP contribution in [0.3, 0.4) is 0 Å². The summed E-state index contributed by atoms with van der Waals surface area (Å²) in [5.74, 6) is -0.284. The van der Waals surface area contributed by atoms with Gasteiger partial charge < -0.3 is 20.2 Å². The summed E-state index contributed by atoms with van der Waals surface area (Å²) in [6.07, 6.45) is 3.99. The topological polar surface area (TPSA) is 72.9 Å². The lowest BCUT2D eigenvalue weighted by atomic mass is 9.97. The van der Waals surface area contributed by atoms with Gasteiger partial charge >= 0.3 is 12.0 Å². The molecule has 6 nitrogen and oxygen atoms in total. The summed E-state index contributed by atoms with van der Waals surface area (Å²) >= 11 is 0. The minimum Gasteiger partial charge on any atom is -0.480 e. The zero-order valence-electron chi connectivity index (χ0n) is 12.3. The maximum atomic E-state index is 12.1. The number of carboxylic acid groups (broad SMARTS) is 1. The first-order chi connectivity index (χ1) is 9.47. The summed E-state index contributed by atoms with van der Waals surface area (Å²) < 4.78 is 0. The summed E-state index contributed by atoms with van der Waals surface area (Å²) in [6.45, 7) is 2.84. The van der Waals surface area contributed by atoms with Gasteiger partial charge in [0, 0.05) is 13.6 Å². The highest BCUT2D eigenvalue weighted by atomic mass is 16.4. The van der Waals surface area contributed by atoms with Gasteiger partial charge in [-0.2, -0.15) is 0 Å². The lowest BCUT2D eigenvalue weighted by Crippen LogP contribution is -2.49. The molecule has 0 radical (unpaired) electrons. The molecule has 1 unspecified atom stereocenters. The maximum Gasteiger partial charge on any atom is 0.326 e. The van der Waals surface area contributed by atoms with Crippen LogP contribution in [-0.2, 0) is 4.79 Å². The molecule has 2 fully saturated rings. The molecular formula is C14H25N3O3. The Labute approximate surface area is 120 Å². The number of piperidine rings is 1. The normalized spacial score (nSPS) is 22.3. The molecule has 6 heteroatoms. The van der Waals surface area contributed by atoms with Gasteiger partial charge in [-0.05, 0) is 57.7 Å². The Kier molecular flexibility index (Phi) is 4.86. The molecule has 2 rings (SSSR count). The van der Waals surface area contributed by atoms with Crippen LogP contribution in [0.2, 0.25) is 0 Å². The van der Waals surface area contributed by atoms with E-state index < -0.39 is 12.0 Å². The van der Waals surface area contributed by atoms with E-state index in [1.165, 1.54) is 0 Å². The highest BCUT2D eigenvalue weighted by Gasteiger charge is 2.37. The second kappa shape index (κ2) is 6.43. The molecule has 1 saturated heterocycles. The smallest absolute Gasteiger partial charge is 0.326 e. The van der Waals surface area contributed by atoms with Gasteiger partial charge in [0.15, 0.2) is 0 Å². The minimum absolute atomic E-state index is 0.119. The number of carbonyl (C=O) groups is 2. The first-order valence-electron chi connectivity index (χ1n) is 7.40. The summed E-state index contributed by atoms with van der Waals surface area (Å²) in [5, 5.41) is 11.8. The molecule has 0 aromatic rings. The minimum atomic E-state index is -0.923. The van der Waals surface area contributed by atoms with Crippen molar-refractivity contribution in [3.05, 3.63) is 0 Å². The van der Waals surface area contributed by atoms with Crippen molar-refractivity contribution in [1.82, 2.24) is 15.1 Å². The van der Waals surface area contributed by atoms with Crippen LogP contribution in [0, 0.1) is 11.8 Å². The van der Waals surface area contributed by atoms with Crippen LogP contribution in [0.5, 0.6) is 0 Å². The van der Waals surface area contributed by atoms with Gasteiger partial charge in [-0.15, -0.1) is 0 Å². The molecule has 1 atom stereocenters. The van der Waals surface area contributed by atoms with E-state index in [2.05, 4.69) is 17.3 Å². The molecule has 2 aliphatic rings. The number of likely N-dealkylation sites (tertiary alicyclic amines) is 1. The van der Waals surface area contributed by atoms with Crippen LogP contribution < -0.4 is 5.32 Å². The summed E-state index contributed by atoms with van der Waals surface area (Å²) in [7, 11) is 3.86. The number of urea groups is 1. The molecule has 1 saturated carbocycles. The standard InChI is InChI=1S/C14H25N3O3/c1-16-7-5-10(6-8-16)9-17(2)14(20)15-12(13(18)19)11-3-4-11/h10-12H,3-9H2,1-2H3,(H,15,20)(H,18,19). The number of aliphatic carboxylic acids is 1. The molecular weight excluding hydrogens is 258 g/mol. The lowest BCUT2D eigenvalue weighted by molar-refractivity contribution is -0.139. The largest absolute Gasteiger partial charge is 0.480 e. The van der Waals surface area contributed by atoms with Crippen molar-refractivity contribution in [3.63, 3.8) is 0 Å². The summed E-state index contributed by atoms with van der Waals surface area (Å²) in [6, 6.07) is -0.981. The predicted molar refractivity (Wildman–Crippen MR) is 75.5 cm³/mol. The van der Waals surface area contributed by atoms with Crippen molar-refractivity contribution in [3.8, 4) is 0 Å². The van der Waals surface area contributed by atoms with Crippen LogP contribution in [-0.4, -0.2) is 66.7 Å². The molecule has 0 aromatic carbocycles. The highest BCUT2D eigenvalue weighted by Crippen LogP contribution is 2.32. The average Bonchev–Trinajstić information content (AvgIpc) is 3.22. The van der Waals surface area contributed by atoms with Crippen molar-refractivity contribution in [2.45, 2.75) is 31.7 Å². The molecule has 0 spiro atoms. The molecule has 0 bridgehead atoms. The molecule has 0 aromatic heterocycles. The number of rotatable bonds is 5. The Morgan fingerprint density at radius 1 is 1.30 bits per heavy atom. The molecule has 20 heavy (non-hydrogen) atoms. The molecule has 1 aliphatic heterocycles. The van der Waals surface area contributed by atoms with Gasteiger partial charge in [0.25, 0.3) is 0 Å². The summed E-state index contributed by atoms with van der Waals surface area (Å²) in [5.41, 5.74) is 0. The lowest BCUT2D eigenvalue weighted by Gasteiger charge is -2.32. The van der Waals surface area contributed by atoms with Crippen molar-refractivity contribution >= 4 is 12.0 Å². The van der Waals surface area contributed by atoms with Crippen molar-refractivity contribution in [2.75, 3.05) is 33.7 Å². The third-order valence-corrected chi connectivity index (χ3v) is 4.36. The van der Waals surface area contributed by atoms with Gasteiger partial charge in [0.1, 0.15) is 6.04 Å². The zero-order chi connectivity index (χ0) is 14.7. The van der Waals surface area contributed by atoms with Crippen LogP contribution in [0.1, 0.15) is 25.7 Å². The highest BCUT2D eigenvalue weighted by molar-refractivity contribution is 5.83. The van der Waals surface area contributed by atoms with Gasteiger partial charge in [-0.25, -0.2) is 9.59 Å². The average molecular weight is 283 g/mol. The van der Waals surface area contributed by atoms with E-state index in [4.69, 9.17) is 5.11 Å². The first kappa shape index (κ1) is 15.1. The quantitative estimate of drug-likeness (QED) is 0.784. The fraction of sp³-hybridized carbons (Fsp3) is 0.857. The Bertz CT molecular complexity index is 363. The zero-order valence-corrected chi connectivity index (χ0v) is 12.3. The van der Waals surface area contributed by atoms with E-state index in [1.54, 1.807) is 11.9 Å². The number of amides is 2. The van der Waals surface area contributed by atoms with E-state index in [0.717, 1.165) is 38.8 Å². The van der Waals surface area contributed by atoms with Gasteiger partial charge in [0.05, 0.1) is 0 Å². The SMILES string of the molecule is CN1CCC(CN(C)C(=O)NC(C(=O)O)C2CC2)CC1. The van der Waals surface area contributed by atoms with Crippen LogP contribution in [0.4, 0.5) is 4.79 Å². The van der Waals surface area contributed by atoms with E-state index in [9.17, 15) is 9.59 Å². The Hall–Kier alpha value is -1.30. The van der Waals surface area contributed by atoms with E-state index in [1.807, 2.05) is 0 Å². The van der Waals surface area contributed by atoms with Gasteiger partial charge in [-0.1, -0.05) is 0 Å². The number of carboxylic acids is 1. The van der Waals surface area contributed by atoms with Crippen LogP contribution in [0.25, 0.3) is 0 Å². The monoisotopic (exact) mass is 283 g/mol. The van der Waals surface area contributed by atoms with Crippen LogP contribution in [0.15, 0.2) is 0 Å². The molecule has 1 heterocycles. The Morgan fingerprint density at radius 3 is 2.40 bits per heavy atom. The Morgan fingerprint density at radius 2 is 1.90 bits per heavy atom. The van der Waals surface area contributed by atoms with E-state index in [0.29, 0.717) is 12.5 Å². The van der Waals surface area contributed by atoms with Gasteiger partial charge in [-0.3, -0.25) is 0 Å². The number of nitrogens with zero attached hydrogens (tertiary/aromatic N) is 2. The van der Waals surface area contributed by atoms with E-state index >= 15 is 0 Å². The summed E-state index contributed by atoms with van der Waals surface area (Å²) in [4.78, 5) is 27.1. The number of carbonyl (C=O) groups excluding carboxylic acids is 1. The number of nitrogens with one attached hydrogen (secondary N) is 1. The molecule has 114 valence electrons. The fourth-order valence-electron chi connectivity index (χ4n) is 2.77. The van der Waals surface area contributed by atoms with Crippen molar-refractivity contribution in [1.29, 1.82) is 0 Å². The van der Waals surface area contributed by atoms with Crippen molar-refractivity contribution < 1.29 is 14.7 Å². The predicted octanol–water partition coefficient (Wildman–Crippen LogP) is 0.833. The number of hydrogen-bond acceptors (Lipinski definition) is 3. The molecule has 2 amide bonds. The Balaban J connectivity index is 1.77. The van der Waals surface area contributed by atoms with Gasteiger partial charge in [0.2, 0.25) is 0 Å². The third kappa shape index (κ3) is 4.10. The maximum absolute atomic E-state index is 12.1. The number of hydrogen-bond donors (Lipinski definition) is 2.